The fourth-order valence-electron chi connectivity index (χ4n) is 1.19. The maximum Gasteiger partial charge on any atom is 0.147 e. The number of rotatable bonds is 0. The molecular formula is C12H28N4. The van der Waals surface area contributed by atoms with E-state index < -0.39 is 0 Å². The summed E-state index contributed by atoms with van der Waals surface area (Å²) in [5.74, 6) is 1.93. The molecule has 0 atom stereocenters. The highest BCUT2D eigenvalue weighted by Gasteiger charge is 2.09. The lowest BCUT2D eigenvalue weighted by Crippen LogP contribution is -2.28. The second-order valence-electron chi connectivity index (χ2n) is 2.48. The largest absolute Gasteiger partial charge is 0.308 e. The van der Waals surface area contributed by atoms with Crippen LogP contribution in [0.3, 0.4) is 0 Å². The van der Waals surface area contributed by atoms with Gasteiger partial charge in [0.1, 0.15) is 11.6 Å². The lowest BCUT2D eigenvalue weighted by atomic mass is 10.4. The first-order chi connectivity index (χ1) is 7.86. The van der Waals surface area contributed by atoms with E-state index in [1.807, 2.05) is 53.1 Å². The molecule has 2 heterocycles. The number of aryl methyl sites for hydroxylation is 1. The molecule has 1 N–H and O–H groups in total. The molecule has 0 saturated heterocycles. The maximum absolute atomic E-state index is 4.24. The van der Waals surface area contributed by atoms with Gasteiger partial charge in [-0.15, -0.1) is 0 Å². The van der Waals surface area contributed by atoms with Crippen LogP contribution >= 0.6 is 0 Å². The van der Waals surface area contributed by atoms with E-state index in [2.05, 4.69) is 15.4 Å². The molecule has 4 heteroatoms. The van der Waals surface area contributed by atoms with Crippen LogP contribution in [0.1, 0.15) is 53.2 Å². The summed E-state index contributed by atoms with van der Waals surface area (Å²) < 4.78 is 1.96. The standard InChI is InChI=1S/C6H10N4.3C2H6/c1-5-8-6-4-7-2-3-10(6)9-5;3*1-2/h7H,2-4H2,1H3;3*1-2H3. The topological polar surface area (TPSA) is 42.7 Å². The minimum atomic E-state index is 0.862. The van der Waals surface area contributed by atoms with Crippen molar-refractivity contribution in [3.63, 3.8) is 0 Å². The molecule has 0 aliphatic carbocycles. The van der Waals surface area contributed by atoms with Gasteiger partial charge >= 0.3 is 0 Å². The molecule has 0 fully saturated rings. The van der Waals surface area contributed by atoms with Gasteiger partial charge < -0.3 is 5.32 Å². The van der Waals surface area contributed by atoms with Gasteiger partial charge in [-0.1, -0.05) is 41.5 Å². The molecule has 4 nitrogen and oxygen atoms in total. The fraction of sp³-hybridized carbons (Fsp3) is 0.833. The Morgan fingerprint density at radius 2 is 1.62 bits per heavy atom. The average Bonchev–Trinajstić information content (AvgIpc) is 2.76. The van der Waals surface area contributed by atoms with Crippen LogP contribution in [0.2, 0.25) is 0 Å². The van der Waals surface area contributed by atoms with Crippen molar-refractivity contribution in [2.45, 2.75) is 61.6 Å². The van der Waals surface area contributed by atoms with Gasteiger partial charge in [-0.25, -0.2) is 9.67 Å². The zero-order valence-electron chi connectivity index (χ0n) is 12.0. The van der Waals surface area contributed by atoms with Crippen molar-refractivity contribution >= 4 is 0 Å². The molecule has 1 aromatic rings. The number of nitrogens with one attached hydrogen (secondary N) is 1. The smallest absolute Gasteiger partial charge is 0.147 e. The van der Waals surface area contributed by atoms with Gasteiger partial charge in [-0.2, -0.15) is 5.10 Å². The molecule has 2 rings (SSSR count). The quantitative estimate of drug-likeness (QED) is 0.742. The Morgan fingerprint density at radius 1 is 1.06 bits per heavy atom. The van der Waals surface area contributed by atoms with E-state index in [1.165, 1.54) is 0 Å². The molecule has 16 heavy (non-hydrogen) atoms. The van der Waals surface area contributed by atoms with Crippen LogP contribution < -0.4 is 5.32 Å². The molecule has 0 amide bonds. The zero-order valence-corrected chi connectivity index (χ0v) is 12.0. The summed E-state index contributed by atoms with van der Waals surface area (Å²) in [7, 11) is 0. The molecule has 0 bridgehead atoms. The Balaban J connectivity index is 0. The van der Waals surface area contributed by atoms with E-state index in [0.29, 0.717) is 0 Å². The third-order valence-electron chi connectivity index (χ3n) is 1.64. The molecule has 0 aromatic carbocycles. The molecule has 0 spiro atoms. The third-order valence-corrected chi connectivity index (χ3v) is 1.64. The van der Waals surface area contributed by atoms with Gasteiger partial charge in [0.15, 0.2) is 0 Å². The molecule has 0 radical (unpaired) electrons. The third kappa shape index (κ3) is 5.85. The normalized spacial score (nSPS) is 11.7. The predicted molar refractivity (Wildman–Crippen MR) is 70.5 cm³/mol. The first kappa shape index (κ1) is 17.5. The zero-order chi connectivity index (χ0) is 13.0. The highest BCUT2D eigenvalue weighted by Crippen LogP contribution is 2.00. The number of hydrogen-bond acceptors (Lipinski definition) is 3. The van der Waals surface area contributed by atoms with Gasteiger partial charge in [0.05, 0.1) is 13.1 Å². The number of aromatic nitrogens is 3. The van der Waals surface area contributed by atoms with Crippen molar-refractivity contribution in [2.75, 3.05) is 6.54 Å². The predicted octanol–water partition coefficient (Wildman–Crippen LogP) is 2.77. The number of hydrogen-bond donors (Lipinski definition) is 1. The Kier molecular flexibility index (Phi) is 13.3. The van der Waals surface area contributed by atoms with E-state index in [9.17, 15) is 0 Å². The van der Waals surface area contributed by atoms with E-state index in [4.69, 9.17) is 0 Å². The minimum Gasteiger partial charge on any atom is -0.308 e. The second kappa shape index (κ2) is 12.2. The summed E-state index contributed by atoms with van der Waals surface area (Å²) >= 11 is 0. The molecular weight excluding hydrogens is 200 g/mol. The van der Waals surface area contributed by atoms with Gasteiger partial charge in [0.25, 0.3) is 0 Å². The molecule has 1 aromatic heterocycles. The summed E-state index contributed by atoms with van der Waals surface area (Å²) in [5.41, 5.74) is 0. The van der Waals surface area contributed by atoms with Crippen molar-refractivity contribution in [1.82, 2.24) is 20.1 Å². The van der Waals surface area contributed by atoms with Crippen LogP contribution in [0.5, 0.6) is 0 Å². The number of fused-ring (bicyclic) bond motifs is 1. The summed E-state index contributed by atoms with van der Waals surface area (Å²) in [5, 5.41) is 7.45. The Bertz CT molecular complexity index is 220. The monoisotopic (exact) mass is 228 g/mol. The van der Waals surface area contributed by atoms with Crippen molar-refractivity contribution in [3.8, 4) is 0 Å². The average molecular weight is 228 g/mol. The highest BCUT2D eigenvalue weighted by atomic mass is 15.4. The van der Waals surface area contributed by atoms with Crippen LogP contribution in [0.25, 0.3) is 0 Å². The summed E-state index contributed by atoms with van der Waals surface area (Å²) in [6.45, 7) is 16.7. The van der Waals surface area contributed by atoms with Crippen molar-refractivity contribution in [2.24, 2.45) is 0 Å². The van der Waals surface area contributed by atoms with Gasteiger partial charge in [-0.3, -0.25) is 0 Å². The molecule has 1 aliphatic heterocycles. The molecule has 0 unspecified atom stereocenters. The first-order valence-corrected chi connectivity index (χ1v) is 6.47. The maximum atomic E-state index is 4.24. The van der Waals surface area contributed by atoms with E-state index in [0.717, 1.165) is 31.3 Å². The Morgan fingerprint density at radius 3 is 2.12 bits per heavy atom. The van der Waals surface area contributed by atoms with Crippen LogP contribution in [0.4, 0.5) is 0 Å². The lowest BCUT2D eigenvalue weighted by Gasteiger charge is -2.11. The fourth-order valence-corrected chi connectivity index (χ4v) is 1.19. The van der Waals surface area contributed by atoms with Crippen LogP contribution in [-0.2, 0) is 13.1 Å². The highest BCUT2D eigenvalue weighted by molar-refractivity contribution is 4.92. The molecule has 96 valence electrons. The summed E-state index contributed by atoms with van der Waals surface area (Å²) in [6, 6.07) is 0. The molecule has 0 saturated carbocycles. The van der Waals surface area contributed by atoms with Crippen LogP contribution in [-0.4, -0.2) is 21.3 Å². The SMILES string of the molecule is CC.CC.CC.Cc1nc2n(n1)CCNC2. The molecule has 1 aliphatic rings. The Hall–Kier alpha value is -0.900. The van der Waals surface area contributed by atoms with Crippen molar-refractivity contribution in [1.29, 1.82) is 0 Å². The minimum absolute atomic E-state index is 0.862. The van der Waals surface area contributed by atoms with E-state index in [-0.39, 0.29) is 0 Å². The second-order valence-corrected chi connectivity index (χ2v) is 2.48. The number of nitrogens with zero attached hydrogens (tertiary/aromatic N) is 3. The summed E-state index contributed by atoms with van der Waals surface area (Å²) in [4.78, 5) is 4.24. The first-order valence-electron chi connectivity index (χ1n) is 6.47. The van der Waals surface area contributed by atoms with E-state index >= 15 is 0 Å². The van der Waals surface area contributed by atoms with E-state index in [1.54, 1.807) is 0 Å². The lowest BCUT2D eigenvalue weighted by molar-refractivity contribution is 0.468. The summed E-state index contributed by atoms with van der Waals surface area (Å²) in [6.07, 6.45) is 0. The van der Waals surface area contributed by atoms with Gasteiger partial charge in [0.2, 0.25) is 0 Å². The van der Waals surface area contributed by atoms with Crippen LogP contribution in [0.15, 0.2) is 0 Å². The van der Waals surface area contributed by atoms with Gasteiger partial charge in [0, 0.05) is 6.54 Å². The van der Waals surface area contributed by atoms with Crippen LogP contribution in [0, 0.1) is 6.92 Å². The van der Waals surface area contributed by atoms with Crippen molar-refractivity contribution < 1.29 is 0 Å². The van der Waals surface area contributed by atoms with Crippen molar-refractivity contribution in [3.05, 3.63) is 11.6 Å². The van der Waals surface area contributed by atoms with Gasteiger partial charge in [-0.05, 0) is 6.92 Å². The Labute approximate surface area is 100 Å².